The number of nitriles is 1. The van der Waals surface area contributed by atoms with E-state index in [-0.39, 0.29) is 0 Å². The molecule has 0 saturated heterocycles. The largest absolute Gasteiger partial charge is 0.416 e. The molecular weight excluding hydrogens is 338 g/mol. The Labute approximate surface area is 155 Å². The Morgan fingerprint density at radius 2 is 1.85 bits per heavy atom. The second-order valence-electron chi connectivity index (χ2n) is 7.05. The van der Waals surface area contributed by atoms with Crippen LogP contribution in [-0.2, 0) is 6.42 Å². The number of nitrogens with zero attached hydrogens (tertiary/aromatic N) is 4. The number of nitrogens with one attached hydrogen (secondary N) is 1. The zero-order valence-electron chi connectivity index (χ0n) is 14.6. The van der Waals surface area contributed by atoms with Crippen molar-refractivity contribution in [1.29, 1.82) is 5.26 Å². The Kier molecular flexibility index (Phi) is 3.72. The summed E-state index contributed by atoms with van der Waals surface area (Å²) in [6.45, 7) is 0. The van der Waals surface area contributed by atoms with E-state index in [0.717, 1.165) is 46.4 Å². The van der Waals surface area contributed by atoms with E-state index in [9.17, 15) is 5.26 Å². The summed E-state index contributed by atoms with van der Waals surface area (Å²) in [5, 5.41) is 25.8. The molecule has 0 amide bonds. The van der Waals surface area contributed by atoms with Gasteiger partial charge in [-0.05, 0) is 54.7 Å². The Balaban J connectivity index is 1.43. The Morgan fingerprint density at radius 3 is 2.63 bits per heavy atom. The third kappa shape index (κ3) is 3.08. The Morgan fingerprint density at radius 1 is 1.07 bits per heavy atom. The second kappa shape index (κ2) is 6.36. The molecule has 2 aromatic heterocycles. The molecule has 132 valence electrons. The summed E-state index contributed by atoms with van der Waals surface area (Å²) in [7, 11) is 0. The number of hydrogen-bond acceptors (Lipinski definition) is 5. The van der Waals surface area contributed by atoms with Crippen LogP contribution in [0, 0.1) is 17.2 Å². The molecule has 0 radical (unpaired) electrons. The van der Waals surface area contributed by atoms with E-state index < -0.39 is 0 Å². The lowest BCUT2D eigenvalue weighted by Crippen LogP contribution is -1.93. The van der Waals surface area contributed by atoms with Gasteiger partial charge in [-0.1, -0.05) is 18.9 Å². The van der Waals surface area contributed by atoms with Crippen LogP contribution in [0.5, 0.6) is 0 Å². The second-order valence-corrected chi connectivity index (χ2v) is 7.05. The van der Waals surface area contributed by atoms with Gasteiger partial charge in [0, 0.05) is 16.5 Å². The van der Waals surface area contributed by atoms with Gasteiger partial charge in [0.05, 0.1) is 23.3 Å². The number of H-pyrrole nitrogens is 1. The predicted molar refractivity (Wildman–Crippen MR) is 101 cm³/mol. The molecule has 0 spiro atoms. The van der Waals surface area contributed by atoms with Gasteiger partial charge in [-0.3, -0.25) is 5.10 Å². The van der Waals surface area contributed by atoms with Crippen molar-refractivity contribution in [3.63, 3.8) is 0 Å². The van der Waals surface area contributed by atoms with Crippen LogP contribution in [0.1, 0.15) is 30.4 Å². The highest BCUT2D eigenvalue weighted by Gasteiger charge is 2.21. The highest BCUT2D eigenvalue weighted by molar-refractivity contribution is 5.82. The van der Waals surface area contributed by atoms with Crippen LogP contribution in [0.2, 0.25) is 0 Å². The van der Waals surface area contributed by atoms with Crippen LogP contribution >= 0.6 is 0 Å². The number of aromatic amines is 1. The molecule has 6 nitrogen and oxygen atoms in total. The summed E-state index contributed by atoms with van der Waals surface area (Å²) in [6, 6.07) is 13.9. The number of aromatic nitrogens is 4. The van der Waals surface area contributed by atoms with E-state index in [2.05, 4.69) is 26.5 Å². The number of benzene rings is 2. The van der Waals surface area contributed by atoms with Gasteiger partial charge in [-0.15, -0.1) is 10.2 Å². The van der Waals surface area contributed by atoms with E-state index in [0.29, 0.717) is 17.3 Å². The van der Waals surface area contributed by atoms with E-state index in [1.165, 1.54) is 12.8 Å². The fourth-order valence-corrected chi connectivity index (χ4v) is 3.33. The summed E-state index contributed by atoms with van der Waals surface area (Å²) in [6.07, 6.45) is 6.53. The van der Waals surface area contributed by atoms with Crippen LogP contribution in [0.4, 0.5) is 0 Å². The molecule has 0 unspecified atom stereocenters. The van der Waals surface area contributed by atoms with E-state index in [1.807, 2.05) is 36.4 Å². The van der Waals surface area contributed by atoms with Crippen molar-refractivity contribution < 1.29 is 4.42 Å². The average molecular weight is 355 g/mol. The van der Waals surface area contributed by atoms with Gasteiger partial charge in [-0.2, -0.15) is 10.4 Å². The van der Waals surface area contributed by atoms with Gasteiger partial charge in [-0.25, -0.2) is 0 Å². The summed E-state index contributed by atoms with van der Waals surface area (Å²) < 4.78 is 5.87. The van der Waals surface area contributed by atoms with Crippen LogP contribution in [0.3, 0.4) is 0 Å². The SMILES string of the molecule is N#Cc1cc(-c2nnc(-c3ccc4[nH]ncc4c3)o2)ccc1CCC1CC1. The fraction of sp³-hybridized carbons (Fsp3) is 0.238. The van der Waals surface area contributed by atoms with Gasteiger partial charge in [0.25, 0.3) is 0 Å². The minimum Gasteiger partial charge on any atom is -0.416 e. The average Bonchev–Trinajstić information content (AvgIpc) is 3.19. The summed E-state index contributed by atoms with van der Waals surface area (Å²) in [5.74, 6) is 1.72. The number of rotatable bonds is 5. The third-order valence-corrected chi connectivity index (χ3v) is 5.11. The normalized spacial score (nSPS) is 13.7. The van der Waals surface area contributed by atoms with Crippen LogP contribution < -0.4 is 0 Å². The standard InChI is InChI=1S/C21H17N5O/c22-11-17-9-15(6-5-14(17)4-3-13-1-2-13)20-25-26-21(27-20)16-7-8-19-18(10-16)12-23-24-19/h5-10,12-13H,1-4H2,(H,23,24). The maximum absolute atomic E-state index is 9.51. The van der Waals surface area contributed by atoms with Crippen molar-refractivity contribution in [2.24, 2.45) is 5.92 Å². The summed E-state index contributed by atoms with van der Waals surface area (Å²) in [4.78, 5) is 0. The zero-order chi connectivity index (χ0) is 18.2. The Bertz CT molecular complexity index is 1160. The predicted octanol–water partition coefficient (Wildman–Crippen LogP) is 4.49. The molecule has 1 N–H and O–H groups in total. The van der Waals surface area contributed by atoms with E-state index in [4.69, 9.17) is 4.42 Å². The van der Waals surface area contributed by atoms with Gasteiger partial charge >= 0.3 is 0 Å². The van der Waals surface area contributed by atoms with Gasteiger partial charge in [0.15, 0.2) is 0 Å². The van der Waals surface area contributed by atoms with Crippen molar-refractivity contribution >= 4 is 10.9 Å². The molecule has 1 aliphatic rings. The molecule has 2 heterocycles. The van der Waals surface area contributed by atoms with E-state index in [1.54, 1.807) is 6.20 Å². The van der Waals surface area contributed by atoms with Crippen LogP contribution in [0.25, 0.3) is 33.8 Å². The lowest BCUT2D eigenvalue weighted by atomic mass is 9.99. The highest BCUT2D eigenvalue weighted by atomic mass is 16.4. The van der Waals surface area contributed by atoms with Crippen molar-refractivity contribution in [3.05, 3.63) is 53.7 Å². The molecule has 1 aliphatic carbocycles. The van der Waals surface area contributed by atoms with Crippen molar-refractivity contribution in [2.45, 2.75) is 25.7 Å². The molecule has 0 aliphatic heterocycles. The first-order valence-corrected chi connectivity index (χ1v) is 9.10. The molecule has 1 saturated carbocycles. The lowest BCUT2D eigenvalue weighted by molar-refractivity contribution is 0.584. The van der Waals surface area contributed by atoms with Gasteiger partial charge in [0.1, 0.15) is 0 Å². The molecule has 1 fully saturated rings. The fourth-order valence-electron chi connectivity index (χ4n) is 3.33. The summed E-state index contributed by atoms with van der Waals surface area (Å²) in [5.41, 5.74) is 4.35. The van der Waals surface area contributed by atoms with E-state index >= 15 is 0 Å². The molecule has 27 heavy (non-hydrogen) atoms. The molecular formula is C21H17N5O. The monoisotopic (exact) mass is 355 g/mol. The first-order chi connectivity index (χ1) is 13.3. The molecule has 0 bridgehead atoms. The van der Waals surface area contributed by atoms with Gasteiger partial charge in [0.2, 0.25) is 11.8 Å². The zero-order valence-corrected chi connectivity index (χ0v) is 14.6. The number of aryl methyl sites for hydroxylation is 1. The van der Waals surface area contributed by atoms with Crippen molar-refractivity contribution in [2.75, 3.05) is 0 Å². The van der Waals surface area contributed by atoms with Crippen molar-refractivity contribution in [3.8, 4) is 29.0 Å². The molecule has 6 heteroatoms. The minimum atomic E-state index is 0.419. The Hall–Kier alpha value is -3.46. The quantitative estimate of drug-likeness (QED) is 0.569. The lowest BCUT2D eigenvalue weighted by Gasteiger charge is -2.04. The number of fused-ring (bicyclic) bond motifs is 1. The minimum absolute atomic E-state index is 0.419. The first kappa shape index (κ1) is 15.8. The topological polar surface area (TPSA) is 91.4 Å². The van der Waals surface area contributed by atoms with Crippen LogP contribution in [0.15, 0.2) is 47.0 Å². The summed E-state index contributed by atoms with van der Waals surface area (Å²) >= 11 is 0. The van der Waals surface area contributed by atoms with Crippen molar-refractivity contribution in [1.82, 2.24) is 20.4 Å². The molecule has 2 aromatic carbocycles. The first-order valence-electron chi connectivity index (χ1n) is 9.10. The van der Waals surface area contributed by atoms with Crippen LogP contribution in [-0.4, -0.2) is 20.4 Å². The maximum Gasteiger partial charge on any atom is 0.248 e. The molecule has 5 rings (SSSR count). The van der Waals surface area contributed by atoms with Gasteiger partial charge < -0.3 is 4.42 Å². The smallest absolute Gasteiger partial charge is 0.248 e. The maximum atomic E-state index is 9.51. The third-order valence-electron chi connectivity index (χ3n) is 5.11. The molecule has 0 atom stereocenters. The highest BCUT2D eigenvalue weighted by Crippen LogP contribution is 2.34. The number of hydrogen-bond donors (Lipinski definition) is 1. The molecule has 4 aromatic rings.